The van der Waals surface area contributed by atoms with Gasteiger partial charge >= 0.3 is 0 Å². The second kappa shape index (κ2) is 11.9. The van der Waals surface area contributed by atoms with Crippen LogP contribution in [0.25, 0.3) is 0 Å². The van der Waals surface area contributed by atoms with Gasteiger partial charge in [-0.15, -0.1) is 0 Å². The number of rotatable bonds is 11. The molecule has 41 heavy (non-hydrogen) atoms. The highest BCUT2D eigenvalue weighted by Gasteiger charge is 2.79. The molecule has 1 aliphatic carbocycles. The van der Waals surface area contributed by atoms with Gasteiger partial charge in [-0.2, -0.15) is 0 Å². The predicted octanol–water partition coefficient (Wildman–Crippen LogP) is 4.03. The number of likely N-dealkylation sites (tertiary alicyclic amines) is 1. The first kappa shape index (κ1) is 29.8. The summed E-state index contributed by atoms with van der Waals surface area (Å²) in [6, 6.07) is 5.85. The Morgan fingerprint density at radius 1 is 1.10 bits per heavy atom. The van der Waals surface area contributed by atoms with E-state index in [-0.39, 0.29) is 36.3 Å². The highest BCUT2D eigenvalue weighted by Crippen LogP contribution is 2.64. The fourth-order valence-corrected chi connectivity index (χ4v) is 8.12. The molecule has 226 valence electrons. The summed E-state index contributed by atoms with van der Waals surface area (Å²) in [5.41, 5.74) is -1.31. The lowest BCUT2D eigenvalue weighted by atomic mass is 9.65. The molecule has 4 aliphatic rings. The van der Waals surface area contributed by atoms with Crippen LogP contribution >= 0.6 is 0 Å². The first-order valence-electron chi connectivity index (χ1n) is 15.7. The number of aliphatic hydroxyl groups excluding tert-OH is 1. The van der Waals surface area contributed by atoms with Gasteiger partial charge in [0.25, 0.3) is 0 Å². The van der Waals surface area contributed by atoms with Crippen LogP contribution in [0.2, 0.25) is 0 Å². The molecule has 3 saturated heterocycles. The molecular formula is C32H47N3O6. The third kappa shape index (κ3) is 5.24. The second-order valence-electron chi connectivity index (χ2n) is 12.8. The Morgan fingerprint density at radius 3 is 2.41 bits per heavy atom. The van der Waals surface area contributed by atoms with Gasteiger partial charge in [0.1, 0.15) is 17.4 Å². The van der Waals surface area contributed by atoms with Crippen molar-refractivity contribution in [3.63, 3.8) is 0 Å². The van der Waals surface area contributed by atoms with E-state index in [0.29, 0.717) is 43.7 Å². The number of nitrogens with zero attached hydrogens (tertiary/aromatic N) is 1. The first-order valence-corrected chi connectivity index (χ1v) is 15.7. The van der Waals surface area contributed by atoms with E-state index in [0.717, 1.165) is 25.7 Å². The van der Waals surface area contributed by atoms with Crippen molar-refractivity contribution >= 4 is 23.4 Å². The van der Waals surface area contributed by atoms with Crippen LogP contribution in [-0.4, -0.2) is 70.3 Å². The van der Waals surface area contributed by atoms with Crippen LogP contribution < -0.4 is 15.4 Å². The maximum absolute atomic E-state index is 14.5. The van der Waals surface area contributed by atoms with Crippen molar-refractivity contribution in [2.45, 2.75) is 115 Å². The molecule has 3 amide bonds. The molecule has 1 aromatic rings. The SMILES string of the molecule is CCOc1ccc(NC(=O)[C@H]2[C@H]3C(=O)N([C@@H](CO)CC(C)C)C(C(=O)NC4CCCCC4)C34CC[C@]2(CC)O4)cc1. The maximum atomic E-state index is 14.5. The molecule has 3 N–H and O–H groups in total. The minimum atomic E-state index is -1.10. The highest BCUT2D eigenvalue weighted by atomic mass is 16.5. The maximum Gasteiger partial charge on any atom is 0.246 e. The summed E-state index contributed by atoms with van der Waals surface area (Å²) in [7, 11) is 0. The third-order valence-corrected chi connectivity index (χ3v) is 9.88. The summed E-state index contributed by atoms with van der Waals surface area (Å²) in [6.07, 6.45) is 7.40. The smallest absolute Gasteiger partial charge is 0.246 e. The van der Waals surface area contributed by atoms with Gasteiger partial charge in [0, 0.05) is 11.7 Å². The molecule has 3 aliphatic heterocycles. The zero-order valence-electron chi connectivity index (χ0n) is 25.0. The third-order valence-electron chi connectivity index (χ3n) is 9.88. The number of amides is 3. The number of carbonyl (C=O) groups excluding carboxylic acids is 3. The molecular weight excluding hydrogens is 522 g/mol. The molecule has 1 saturated carbocycles. The standard InChI is InChI=1S/C32H47N3O6/c1-5-31-16-17-32(41-31)26(25(31)28(37)33-22-12-14-24(15-13-22)40-6-2)30(39)35(23(19-36)18-20(3)4)27(32)29(38)34-21-10-8-7-9-11-21/h12-15,20-21,23,25-27,36H,5-11,16-19H2,1-4H3,(H,33,37)(H,34,38)/t23-,25-,26+,27?,31+,32?/m1/s1. The van der Waals surface area contributed by atoms with Crippen molar-refractivity contribution in [2.75, 3.05) is 18.5 Å². The lowest BCUT2D eigenvalue weighted by Gasteiger charge is -2.38. The lowest BCUT2D eigenvalue weighted by molar-refractivity contribution is -0.151. The van der Waals surface area contributed by atoms with E-state index in [2.05, 4.69) is 10.6 Å². The summed E-state index contributed by atoms with van der Waals surface area (Å²) >= 11 is 0. The van der Waals surface area contributed by atoms with Crippen molar-refractivity contribution in [2.24, 2.45) is 17.8 Å². The van der Waals surface area contributed by atoms with Crippen LogP contribution in [0.15, 0.2) is 24.3 Å². The summed E-state index contributed by atoms with van der Waals surface area (Å²) in [5.74, 6) is -1.35. The minimum absolute atomic E-state index is 0.0684. The van der Waals surface area contributed by atoms with E-state index in [1.807, 2.05) is 27.7 Å². The normalized spacial score (nSPS) is 31.8. The van der Waals surface area contributed by atoms with Crippen LogP contribution in [0.3, 0.4) is 0 Å². The number of benzene rings is 1. The van der Waals surface area contributed by atoms with Gasteiger partial charge in [0.05, 0.1) is 36.7 Å². The molecule has 0 aromatic heterocycles. The van der Waals surface area contributed by atoms with Crippen LogP contribution in [0.4, 0.5) is 5.69 Å². The number of aliphatic hydroxyl groups is 1. The van der Waals surface area contributed by atoms with Crippen LogP contribution in [0, 0.1) is 17.8 Å². The Labute approximate surface area is 243 Å². The molecule has 2 unspecified atom stereocenters. The number of hydrogen-bond acceptors (Lipinski definition) is 6. The van der Waals surface area contributed by atoms with Gasteiger partial charge in [-0.3, -0.25) is 14.4 Å². The number of anilines is 1. The van der Waals surface area contributed by atoms with E-state index >= 15 is 0 Å². The van der Waals surface area contributed by atoms with E-state index in [1.165, 1.54) is 6.42 Å². The van der Waals surface area contributed by atoms with Gasteiger partial charge in [0.2, 0.25) is 17.7 Å². The van der Waals surface area contributed by atoms with E-state index < -0.39 is 35.1 Å². The van der Waals surface area contributed by atoms with E-state index in [1.54, 1.807) is 29.2 Å². The second-order valence-corrected chi connectivity index (χ2v) is 12.8. The molecule has 1 spiro atoms. The Bertz CT molecular complexity index is 1120. The van der Waals surface area contributed by atoms with Gasteiger partial charge < -0.3 is 30.1 Å². The monoisotopic (exact) mass is 569 g/mol. The van der Waals surface area contributed by atoms with Gasteiger partial charge in [-0.25, -0.2) is 0 Å². The largest absolute Gasteiger partial charge is 0.494 e. The number of hydrogen-bond donors (Lipinski definition) is 3. The summed E-state index contributed by atoms with van der Waals surface area (Å²) in [4.78, 5) is 44.3. The quantitative estimate of drug-likeness (QED) is 0.371. The van der Waals surface area contributed by atoms with Crippen LogP contribution in [0.5, 0.6) is 5.75 Å². The predicted molar refractivity (Wildman–Crippen MR) is 155 cm³/mol. The minimum Gasteiger partial charge on any atom is -0.494 e. The van der Waals surface area contributed by atoms with Crippen molar-refractivity contribution in [1.82, 2.24) is 10.2 Å². The molecule has 9 nitrogen and oxygen atoms in total. The van der Waals surface area contributed by atoms with Crippen molar-refractivity contribution in [1.29, 1.82) is 0 Å². The number of fused-ring (bicyclic) bond motifs is 1. The molecule has 4 fully saturated rings. The average molecular weight is 570 g/mol. The lowest BCUT2D eigenvalue weighted by Crippen LogP contribution is -2.59. The molecule has 5 rings (SSSR count). The summed E-state index contributed by atoms with van der Waals surface area (Å²) in [6.45, 7) is 8.29. The molecule has 1 aromatic carbocycles. The zero-order chi connectivity index (χ0) is 29.4. The van der Waals surface area contributed by atoms with Gasteiger partial charge in [-0.1, -0.05) is 40.0 Å². The number of carbonyl (C=O) groups is 3. The molecule has 9 heteroatoms. The van der Waals surface area contributed by atoms with Crippen LogP contribution in [-0.2, 0) is 19.1 Å². The number of nitrogens with one attached hydrogen (secondary N) is 2. The number of ether oxygens (including phenoxy) is 2. The Morgan fingerprint density at radius 2 is 1.80 bits per heavy atom. The van der Waals surface area contributed by atoms with Crippen molar-refractivity contribution in [3.8, 4) is 5.75 Å². The summed E-state index contributed by atoms with van der Waals surface area (Å²) in [5, 5.41) is 16.8. The Hall–Kier alpha value is -2.65. The molecule has 3 heterocycles. The summed E-state index contributed by atoms with van der Waals surface area (Å²) < 4.78 is 12.4. The Kier molecular flexibility index (Phi) is 8.67. The highest BCUT2D eigenvalue weighted by molar-refractivity contribution is 6.02. The first-order chi connectivity index (χ1) is 19.7. The topological polar surface area (TPSA) is 117 Å². The molecule has 2 bridgehead atoms. The average Bonchev–Trinajstić information content (AvgIpc) is 3.57. The van der Waals surface area contributed by atoms with Gasteiger partial charge in [-0.05, 0) is 75.6 Å². The van der Waals surface area contributed by atoms with E-state index in [9.17, 15) is 19.5 Å². The van der Waals surface area contributed by atoms with Gasteiger partial charge in [0.15, 0.2) is 0 Å². The van der Waals surface area contributed by atoms with Crippen molar-refractivity contribution < 1.29 is 29.0 Å². The zero-order valence-corrected chi connectivity index (χ0v) is 25.0. The Balaban J connectivity index is 1.49. The van der Waals surface area contributed by atoms with Crippen molar-refractivity contribution in [3.05, 3.63) is 24.3 Å². The molecule has 6 atom stereocenters. The molecule has 0 radical (unpaired) electrons. The fourth-order valence-electron chi connectivity index (χ4n) is 8.12. The van der Waals surface area contributed by atoms with E-state index in [4.69, 9.17) is 9.47 Å². The van der Waals surface area contributed by atoms with Crippen LogP contribution in [0.1, 0.15) is 85.5 Å². The fraction of sp³-hybridized carbons (Fsp3) is 0.719.